The third-order valence-corrected chi connectivity index (χ3v) is 13.0. The van der Waals surface area contributed by atoms with Crippen molar-refractivity contribution in [3.8, 4) is 0 Å². The van der Waals surface area contributed by atoms with Crippen LogP contribution >= 0.6 is 11.8 Å². The van der Waals surface area contributed by atoms with Crippen LogP contribution in [0.2, 0.25) is 0 Å². The van der Waals surface area contributed by atoms with Crippen LogP contribution in [-0.4, -0.2) is 169 Å². The maximum absolute atomic E-state index is 14.0. The minimum Gasteiger partial charge on any atom is -0.387 e. The van der Waals surface area contributed by atoms with Crippen LogP contribution in [0.5, 0.6) is 0 Å². The number of amides is 6. The molecule has 67 heavy (non-hydrogen) atoms. The predicted molar refractivity (Wildman–Crippen MR) is 250 cm³/mol. The molecule has 26 heteroatoms. The van der Waals surface area contributed by atoms with Crippen LogP contribution in [0.3, 0.4) is 0 Å². The molecule has 17 N–H and O–H groups in total. The van der Waals surface area contributed by atoms with Crippen LogP contribution in [0.25, 0.3) is 11.2 Å². The van der Waals surface area contributed by atoms with E-state index in [-0.39, 0.29) is 56.0 Å². The number of aromatic nitrogens is 4. The minimum absolute atomic E-state index is 0.0200. The van der Waals surface area contributed by atoms with Crippen molar-refractivity contribution < 1.29 is 43.7 Å². The van der Waals surface area contributed by atoms with Gasteiger partial charge in [-0.15, -0.1) is 0 Å². The molecule has 0 saturated carbocycles. The molecule has 25 nitrogen and oxygen atoms in total. The van der Waals surface area contributed by atoms with Crippen LogP contribution < -0.4 is 55.3 Å². The second-order valence-electron chi connectivity index (χ2n) is 16.8. The Hall–Kier alpha value is -5.41. The molecule has 2 saturated heterocycles. The van der Waals surface area contributed by atoms with Crippen molar-refractivity contribution in [2.45, 2.75) is 133 Å². The van der Waals surface area contributed by atoms with Crippen LogP contribution in [0.4, 0.5) is 5.82 Å². The van der Waals surface area contributed by atoms with Gasteiger partial charge in [-0.05, 0) is 83.1 Å². The molecule has 2 aliphatic heterocycles. The number of likely N-dealkylation sites (tertiary alicyclic amines) is 1. The number of nitrogens with one attached hydrogen (secondary N) is 5. The molecule has 2 aliphatic rings. The van der Waals surface area contributed by atoms with Crippen molar-refractivity contribution in [3.63, 3.8) is 0 Å². The molecule has 4 heterocycles. The summed E-state index contributed by atoms with van der Waals surface area (Å²) in [5.41, 5.74) is 28.7. The predicted octanol–water partition coefficient (Wildman–Crippen LogP) is -3.60. The molecule has 0 bridgehead atoms. The summed E-state index contributed by atoms with van der Waals surface area (Å²) in [7, 11) is 0. The highest BCUT2D eigenvalue weighted by molar-refractivity contribution is 7.99. The standard InChI is InChI=1S/C41H70N16O9S/c1-4-22(2)29(39(65)52-23(3)34(44)61)55-37(63)25(11-7-15-48-41(45)46)53-36(62)24(10-5-6-13-42)54-38(64)26-12-8-16-56(26)28(58)18-47-14-9-17-67-19-27-31(59)32(60)40(66-27)57-21-51-30-33(43)49-20-50-35(30)57/h20-27,29,31-32,40,47,59-60H,4-19,42H2,1-3H3,(H2,44,61)(H,52,65)(H,53,62)(H,54,64)(H,55,63)(H2,43,49,50)(H4,45,46,48)/t22-,23-,24-,25-,26-,27+,29-,31+,32+,40+/m0/s1. The van der Waals surface area contributed by atoms with Gasteiger partial charge in [0.2, 0.25) is 35.4 Å². The van der Waals surface area contributed by atoms with Gasteiger partial charge in [-0.25, -0.2) is 15.0 Å². The summed E-state index contributed by atoms with van der Waals surface area (Å²) in [4.78, 5) is 97.7. The van der Waals surface area contributed by atoms with Crippen molar-refractivity contribution in [2.75, 3.05) is 50.0 Å². The zero-order chi connectivity index (χ0) is 49.2. The lowest BCUT2D eigenvalue weighted by molar-refractivity contribution is -0.139. The third-order valence-electron chi connectivity index (χ3n) is 11.8. The number of fused-ring (bicyclic) bond motifs is 1. The molecule has 4 rings (SSSR count). The van der Waals surface area contributed by atoms with Gasteiger partial charge in [0.1, 0.15) is 54.3 Å². The summed E-state index contributed by atoms with van der Waals surface area (Å²) in [5.74, 6) is -2.75. The number of anilines is 1. The van der Waals surface area contributed by atoms with Gasteiger partial charge in [0, 0.05) is 18.8 Å². The Morgan fingerprint density at radius 2 is 1.64 bits per heavy atom. The van der Waals surface area contributed by atoms with E-state index < -0.39 is 84.3 Å². The van der Waals surface area contributed by atoms with E-state index in [2.05, 4.69) is 46.5 Å². The second kappa shape index (κ2) is 26.8. The Morgan fingerprint density at radius 1 is 0.925 bits per heavy atom. The Labute approximate surface area is 393 Å². The monoisotopic (exact) mass is 963 g/mol. The fourth-order valence-electron chi connectivity index (χ4n) is 7.69. The van der Waals surface area contributed by atoms with Crippen molar-refractivity contribution in [1.82, 2.24) is 51.0 Å². The number of carbonyl (C=O) groups excluding carboxylic acids is 6. The molecule has 10 atom stereocenters. The van der Waals surface area contributed by atoms with E-state index >= 15 is 0 Å². The van der Waals surface area contributed by atoms with Crippen LogP contribution in [0.15, 0.2) is 17.6 Å². The number of thioether (sulfide) groups is 1. The fourth-order valence-corrected chi connectivity index (χ4v) is 8.71. The first-order valence-electron chi connectivity index (χ1n) is 22.8. The number of aliphatic imine (C=N–C) groups is 1. The van der Waals surface area contributed by atoms with Gasteiger partial charge in [0.25, 0.3) is 0 Å². The van der Waals surface area contributed by atoms with E-state index in [9.17, 15) is 39.0 Å². The summed E-state index contributed by atoms with van der Waals surface area (Å²) >= 11 is 1.52. The van der Waals surface area contributed by atoms with Gasteiger partial charge in [-0.3, -0.25) is 38.3 Å². The van der Waals surface area contributed by atoms with E-state index in [1.807, 2.05) is 6.92 Å². The van der Waals surface area contributed by atoms with Crippen molar-refractivity contribution in [2.24, 2.45) is 33.8 Å². The molecule has 2 aromatic heterocycles. The minimum atomic E-state index is -1.22. The molecule has 0 unspecified atom stereocenters. The molecule has 0 spiro atoms. The largest absolute Gasteiger partial charge is 0.387 e. The number of nitrogens with two attached hydrogens (primary N) is 5. The van der Waals surface area contributed by atoms with Crippen molar-refractivity contribution >= 4 is 70.1 Å². The normalized spacial score (nSPS) is 21.5. The summed E-state index contributed by atoms with van der Waals surface area (Å²) < 4.78 is 7.53. The molecule has 2 fully saturated rings. The fraction of sp³-hybridized carbons (Fsp3) is 0.707. The van der Waals surface area contributed by atoms with E-state index in [0.29, 0.717) is 80.8 Å². The highest BCUT2D eigenvalue weighted by Gasteiger charge is 2.44. The molecule has 0 radical (unpaired) electrons. The number of guanidine groups is 1. The first-order chi connectivity index (χ1) is 32.0. The highest BCUT2D eigenvalue weighted by Crippen LogP contribution is 2.33. The summed E-state index contributed by atoms with van der Waals surface area (Å²) in [5, 5.41) is 35.4. The van der Waals surface area contributed by atoms with Gasteiger partial charge in [0.15, 0.2) is 23.7 Å². The molecule has 6 amide bonds. The molecule has 374 valence electrons. The van der Waals surface area contributed by atoms with Gasteiger partial charge in [0.05, 0.1) is 19.0 Å². The zero-order valence-corrected chi connectivity index (χ0v) is 39.3. The Balaban J connectivity index is 1.30. The lowest BCUT2D eigenvalue weighted by atomic mass is 9.97. The Kier molecular flexibility index (Phi) is 21.7. The van der Waals surface area contributed by atoms with Gasteiger partial charge in [-0.1, -0.05) is 20.3 Å². The number of imidazole rings is 1. The van der Waals surface area contributed by atoms with Crippen molar-refractivity contribution in [3.05, 3.63) is 12.7 Å². The SMILES string of the molecule is CC[C@H](C)[C@H](NC(=O)[C@H](CCCN=C(N)N)NC(=O)[C@H](CCCCN)NC(=O)[C@@H]1CCCN1C(=O)CNCCCSC[C@H]1O[C@@H](n2cnc3c(N)ncnc32)[C@H](O)[C@@H]1O)C(=O)N[C@@H](C)C(N)=O. The number of aliphatic hydroxyl groups is 2. The molecular weight excluding hydrogens is 893 g/mol. The number of carbonyl (C=O) groups is 6. The number of nitrogens with zero attached hydrogens (tertiary/aromatic N) is 6. The number of primary amides is 1. The number of ether oxygens (including phenoxy) is 1. The average Bonchev–Trinajstić information content (AvgIpc) is 4.03. The van der Waals surface area contributed by atoms with Gasteiger partial charge < -0.3 is 75.1 Å². The number of unbranched alkanes of at least 4 members (excludes halogenated alkanes) is 1. The summed E-state index contributed by atoms with van der Waals surface area (Å²) in [6, 6.07) is -5.15. The molecule has 2 aromatic rings. The van der Waals surface area contributed by atoms with Crippen LogP contribution in [0.1, 0.15) is 84.8 Å². The Bertz CT molecular complexity index is 2010. The van der Waals surface area contributed by atoms with E-state index in [1.165, 1.54) is 40.8 Å². The number of aliphatic hydroxyl groups excluding tert-OH is 2. The molecule has 0 aliphatic carbocycles. The molecule has 0 aromatic carbocycles. The first-order valence-corrected chi connectivity index (χ1v) is 23.9. The van der Waals surface area contributed by atoms with Gasteiger partial charge in [-0.2, -0.15) is 11.8 Å². The van der Waals surface area contributed by atoms with E-state index in [4.69, 9.17) is 33.4 Å². The topological polar surface area (TPSA) is 402 Å². The smallest absolute Gasteiger partial charge is 0.243 e. The van der Waals surface area contributed by atoms with Crippen LogP contribution in [-0.2, 0) is 33.5 Å². The quantitative estimate of drug-likeness (QED) is 0.0223. The number of hydrogen-bond donors (Lipinski definition) is 12. The number of rotatable bonds is 28. The summed E-state index contributed by atoms with van der Waals surface area (Å²) in [6.45, 7) is 6.34. The van der Waals surface area contributed by atoms with E-state index in [1.54, 1.807) is 6.92 Å². The van der Waals surface area contributed by atoms with Crippen LogP contribution in [0, 0.1) is 5.92 Å². The molecular formula is C41H70N16O9S. The maximum Gasteiger partial charge on any atom is 0.243 e. The zero-order valence-electron chi connectivity index (χ0n) is 38.5. The lowest BCUT2D eigenvalue weighted by Crippen LogP contribution is -2.59. The maximum atomic E-state index is 14.0. The average molecular weight is 963 g/mol. The number of nitrogen functional groups attached to an aromatic ring is 1. The number of hydrogen-bond acceptors (Lipinski definition) is 17. The second-order valence-corrected chi connectivity index (χ2v) is 18.0. The van der Waals surface area contributed by atoms with Gasteiger partial charge >= 0.3 is 0 Å². The summed E-state index contributed by atoms with van der Waals surface area (Å²) in [6.07, 6.45) is 2.50. The highest BCUT2D eigenvalue weighted by atomic mass is 32.2. The first kappa shape index (κ1) is 54.2. The Morgan fingerprint density at radius 3 is 2.34 bits per heavy atom. The van der Waals surface area contributed by atoms with Crippen molar-refractivity contribution in [1.29, 1.82) is 0 Å². The lowest BCUT2D eigenvalue weighted by Gasteiger charge is -2.29. The third kappa shape index (κ3) is 15.6. The van der Waals surface area contributed by atoms with E-state index in [0.717, 1.165) is 0 Å².